The van der Waals surface area contributed by atoms with Crippen molar-refractivity contribution in [3.05, 3.63) is 28.8 Å². The highest BCUT2D eigenvalue weighted by Gasteiger charge is 2.42. The molecule has 0 amide bonds. The third kappa shape index (κ3) is 4.37. The van der Waals surface area contributed by atoms with Crippen molar-refractivity contribution >= 4 is 23.5 Å². The molecule has 2 heterocycles. The van der Waals surface area contributed by atoms with Gasteiger partial charge in [0.25, 0.3) is 0 Å². The molecule has 0 aliphatic carbocycles. The van der Waals surface area contributed by atoms with Crippen molar-refractivity contribution in [3.8, 4) is 5.75 Å². The molecule has 1 fully saturated rings. The SMILES string of the molecule is CC1Oc2cc(Cl)ccc2COC12CCNCC2.O=C(O)C(=O)O. The summed E-state index contributed by atoms with van der Waals surface area (Å²) >= 11 is 6.02. The summed E-state index contributed by atoms with van der Waals surface area (Å²) < 4.78 is 12.3. The zero-order valence-corrected chi connectivity index (χ0v) is 14.0. The Kier molecular flexibility index (Phi) is 6.04. The summed E-state index contributed by atoms with van der Waals surface area (Å²) in [5.74, 6) is -2.78. The van der Waals surface area contributed by atoms with Gasteiger partial charge in [0.15, 0.2) is 0 Å². The van der Waals surface area contributed by atoms with E-state index in [0.29, 0.717) is 11.6 Å². The van der Waals surface area contributed by atoms with Crippen LogP contribution in [-0.4, -0.2) is 46.9 Å². The van der Waals surface area contributed by atoms with E-state index in [4.69, 9.17) is 40.9 Å². The van der Waals surface area contributed by atoms with E-state index < -0.39 is 11.9 Å². The number of carboxylic acids is 2. The van der Waals surface area contributed by atoms with Crippen molar-refractivity contribution in [1.82, 2.24) is 5.32 Å². The molecule has 3 rings (SSSR count). The van der Waals surface area contributed by atoms with E-state index in [-0.39, 0.29) is 11.7 Å². The average Bonchev–Trinajstić information content (AvgIpc) is 2.66. The van der Waals surface area contributed by atoms with Crippen LogP contribution in [0.1, 0.15) is 25.3 Å². The van der Waals surface area contributed by atoms with Gasteiger partial charge in [-0.05, 0) is 45.0 Å². The van der Waals surface area contributed by atoms with Gasteiger partial charge in [-0.15, -0.1) is 0 Å². The van der Waals surface area contributed by atoms with Gasteiger partial charge in [0.1, 0.15) is 17.5 Å². The van der Waals surface area contributed by atoms with Crippen molar-refractivity contribution < 1.29 is 29.3 Å². The summed E-state index contributed by atoms with van der Waals surface area (Å²) in [7, 11) is 0. The fourth-order valence-electron chi connectivity index (χ4n) is 2.79. The van der Waals surface area contributed by atoms with Gasteiger partial charge in [-0.3, -0.25) is 0 Å². The first-order valence-electron chi connectivity index (χ1n) is 7.60. The number of fused-ring (bicyclic) bond motifs is 1. The second-order valence-corrected chi connectivity index (χ2v) is 6.16. The van der Waals surface area contributed by atoms with E-state index in [9.17, 15) is 0 Å². The molecule has 24 heavy (non-hydrogen) atoms. The van der Waals surface area contributed by atoms with Crippen LogP contribution in [-0.2, 0) is 20.9 Å². The Morgan fingerprint density at radius 2 is 1.88 bits per heavy atom. The Bertz CT molecular complexity index is 603. The maximum absolute atomic E-state index is 9.10. The summed E-state index contributed by atoms with van der Waals surface area (Å²) in [4.78, 5) is 18.2. The smallest absolute Gasteiger partial charge is 0.414 e. The lowest BCUT2D eigenvalue weighted by Crippen LogP contribution is -2.52. The number of carbonyl (C=O) groups is 2. The summed E-state index contributed by atoms with van der Waals surface area (Å²) in [6.45, 7) is 4.69. The van der Waals surface area contributed by atoms with Crippen molar-refractivity contribution in [2.75, 3.05) is 13.1 Å². The third-order valence-corrected chi connectivity index (χ3v) is 4.46. The molecular weight excluding hydrogens is 338 g/mol. The second kappa shape index (κ2) is 7.83. The van der Waals surface area contributed by atoms with Crippen LogP contribution in [0.2, 0.25) is 5.02 Å². The van der Waals surface area contributed by atoms with Gasteiger partial charge in [0, 0.05) is 10.6 Å². The molecule has 2 aliphatic rings. The minimum Gasteiger partial charge on any atom is -0.487 e. The fourth-order valence-corrected chi connectivity index (χ4v) is 2.96. The predicted molar refractivity (Wildman–Crippen MR) is 86.4 cm³/mol. The first-order chi connectivity index (χ1) is 11.3. The zero-order valence-electron chi connectivity index (χ0n) is 13.3. The Morgan fingerprint density at radius 3 is 2.46 bits per heavy atom. The maximum Gasteiger partial charge on any atom is 0.414 e. The van der Waals surface area contributed by atoms with Gasteiger partial charge in [-0.1, -0.05) is 17.7 Å². The molecule has 8 heteroatoms. The highest BCUT2D eigenvalue weighted by atomic mass is 35.5. The molecule has 2 aliphatic heterocycles. The van der Waals surface area contributed by atoms with Gasteiger partial charge < -0.3 is 25.0 Å². The topological polar surface area (TPSA) is 105 Å². The fraction of sp³-hybridized carbons (Fsp3) is 0.500. The lowest BCUT2D eigenvalue weighted by Gasteiger charge is -2.40. The number of halogens is 1. The van der Waals surface area contributed by atoms with E-state index in [1.165, 1.54) is 0 Å². The Hall–Kier alpha value is -1.83. The van der Waals surface area contributed by atoms with Crippen molar-refractivity contribution in [1.29, 1.82) is 0 Å². The predicted octanol–water partition coefficient (Wildman–Crippen LogP) is 1.92. The molecule has 7 nitrogen and oxygen atoms in total. The minimum atomic E-state index is -1.82. The van der Waals surface area contributed by atoms with Gasteiger partial charge in [-0.25, -0.2) is 9.59 Å². The van der Waals surface area contributed by atoms with E-state index in [0.717, 1.165) is 37.2 Å². The number of carboxylic acid groups (broad SMARTS) is 2. The molecular formula is C16H20ClNO6. The van der Waals surface area contributed by atoms with E-state index in [1.54, 1.807) is 0 Å². The minimum absolute atomic E-state index is 0.0549. The quantitative estimate of drug-likeness (QED) is 0.609. The van der Waals surface area contributed by atoms with Gasteiger partial charge in [-0.2, -0.15) is 0 Å². The average molecular weight is 358 g/mol. The molecule has 1 aromatic rings. The Morgan fingerprint density at radius 1 is 1.25 bits per heavy atom. The molecule has 132 valence electrons. The first kappa shape index (κ1) is 18.5. The van der Waals surface area contributed by atoms with E-state index in [1.807, 2.05) is 18.2 Å². The number of nitrogens with one attached hydrogen (secondary N) is 1. The molecule has 1 spiro atoms. The van der Waals surface area contributed by atoms with Crippen LogP contribution in [0.25, 0.3) is 0 Å². The largest absolute Gasteiger partial charge is 0.487 e. The molecule has 1 saturated heterocycles. The molecule has 0 bridgehead atoms. The zero-order chi connectivity index (χ0) is 17.7. The van der Waals surface area contributed by atoms with Crippen LogP contribution in [0.3, 0.4) is 0 Å². The number of aliphatic carboxylic acids is 2. The number of piperidine rings is 1. The van der Waals surface area contributed by atoms with Crippen LogP contribution in [0.4, 0.5) is 0 Å². The lowest BCUT2D eigenvalue weighted by molar-refractivity contribution is -0.159. The summed E-state index contributed by atoms with van der Waals surface area (Å²) in [5.41, 5.74) is 0.929. The normalized spacial score (nSPS) is 21.5. The summed E-state index contributed by atoms with van der Waals surface area (Å²) in [6.07, 6.45) is 2.05. The molecule has 0 aromatic heterocycles. The number of rotatable bonds is 0. The molecule has 3 N–H and O–H groups in total. The second-order valence-electron chi connectivity index (χ2n) is 5.73. The van der Waals surface area contributed by atoms with Crippen LogP contribution >= 0.6 is 11.6 Å². The first-order valence-corrected chi connectivity index (χ1v) is 7.98. The molecule has 1 aromatic carbocycles. The van der Waals surface area contributed by atoms with E-state index >= 15 is 0 Å². The number of benzene rings is 1. The van der Waals surface area contributed by atoms with Gasteiger partial charge >= 0.3 is 11.9 Å². The highest BCUT2D eigenvalue weighted by Crippen LogP contribution is 2.37. The van der Waals surface area contributed by atoms with Crippen LogP contribution in [0, 0.1) is 0 Å². The molecule has 1 atom stereocenters. The van der Waals surface area contributed by atoms with Crippen LogP contribution in [0.5, 0.6) is 5.75 Å². The van der Waals surface area contributed by atoms with Crippen LogP contribution in [0.15, 0.2) is 18.2 Å². The van der Waals surface area contributed by atoms with Crippen LogP contribution < -0.4 is 10.1 Å². The van der Waals surface area contributed by atoms with Gasteiger partial charge in [0.2, 0.25) is 0 Å². The standard InChI is InChI=1S/C14H18ClNO2.C2H2O4/c1-10-14(4-6-16-7-5-14)17-9-11-2-3-12(15)8-13(11)18-10;3-1(4)2(5)6/h2-3,8,10,16H,4-7,9H2,1H3;(H,3,4)(H,5,6). The van der Waals surface area contributed by atoms with Crippen molar-refractivity contribution in [2.45, 2.75) is 38.1 Å². The molecule has 0 saturated carbocycles. The molecule has 1 unspecified atom stereocenters. The van der Waals surface area contributed by atoms with Crippen molar-refractivity contribution in [2.24, 2.45) is 0 Å². The number of hydrogen-bond acceptors (Lipinski definition) is 5. The summed E-state index contributed by atoms with van der Waals surface area (Å²) in [6, 6.07) is 5.76. The number of hydrogen-bond donors (Lipinski definition) is 3. The van der Waals surface area contributed by atoms with E-state index in [2.05, 4.69) is 12.2 Å². The molecule has 0 radical (unpaired) electrons. The monoisotopic (exact) mass is 357 g/mol. The Balaban J connectivity index is 0.000000301. The Labute approximate surface area is 144 Å². The van der Waals surface area contributed by atoms with Gasteiger partial charge in [0.05, 0.1) is 6.61 Å². The lowest BCUT2D eigenvalue weighted by atomic mass is 9.87. The maximum atomic E-state index is 9.10. The highest BCUT2D eigenvalue weighted by molar-refractivity contribution is 6.30. The third-order valence-electron chi connectivity index (χ3n) is 4.22. The number of ether oxygens (including phenoxy) is 2. The summed E-state index contributed by atoms with van der Waals surface area (Å²) in [5, 5.41) is 18.9. The van der Waals surface area contributed by atoms with Crippen molar-refractivity contribution in [3.63, 3.8) is 0 Å².